The summed E-state index contributed by atoms with van der Waals surface area (Å²) in [6.07, 6.45) is 1.59. The Morgan fingerprint density at radius 2 is 2.19 bits per heavy atom. The van der Waals surface area contributed by atoms with E-state index in [1.54, 1.807) is 12.3 Å². The van der Waals surface area contributed by atoms with Gasteiger partial charge in [0.15, 0.2) is 0 Å². The van der Waals surface area contributed by atoms with E-state index >= 15 is 0 Å². The topological polar surface area (TPSA) is 79.4 Å². The molecule has 0 atom stereocenters. The van der Waals surface area contributed by atoms with Gasteiger partial charge in [-0.2, -0.15) is 0 Å². The number of carbonyl (C=O) groups is 1. The van der Waals surface area contributed by atoms with Gasteiger partial charge in [-0.05, 0) is 19.9 Å². The number of amides is 1. The molecule has 116 valence electrons. The Kier molecular flexibility index (Phi) is 5.89. The zero-order valence-corrected chi connectivity index (χ0v) is 12.6. The number of nitrogens with one attached hydrogen (secondary N) is 2. The fourth-order valence-electron chi connectivity index (χ4n) is 2.06. The lowest BCUT2D eigenvalue weighted by Gasteiger charge is -2.26. The SMILES string of the molecule is CC(C)Nc1nccc(C(=O)NCCN2CCOCC2)n1. The van der Waals surface area contributed by atoms with Crippen molar-refractivity contribution < 1.29 is 9.53 Å². The summed E-state index contributed by atoms with van der Waals surface area (Å²) in [5, 5.41) is 5.97. The molecule has 1 amide bonds. The zero-order chi connectivity index (χ0) is 15.1. The van der Waals surface area contributed by atoms with Gasteiger partial charge >= 0.3 is 0 Å². The minimum absolute atomic E-state index is 0.169. The average Bonchev–Trinajstić information content (AvgIpc) is 2.48. The van der Waals surface area contributed by atoms with E-state index in [0.29, 0.717) is 18.2 Å². The van der Waals surface area contributed by atoms with Gasteiger partial charge in [0, 0.05) is 38.4 Å². The number of anilines is 1. The van der Waals surface area contributed by atoms with Crippen molar-refractivity contribution in [2.24, 2.45) is 0 Å². The van der Waals surface area contributed by atoms with Gasteiger partial charge in [0.2, 0.25) is 5.95 Å². The fourth-order valence-corrected chi connectivity index (χ4v) is 2.06. The van der Waals surface area contributed by atoms with E-state index in [2.05, 4.69) is 25.5 Å². The molecule has 2 N–H and O–H groups in total. The van der Waals surface area contributed by atoms with Gasteiger partial charge in [-0.3, -0.25) is 9.69 Å². The van der Waals surface area contributed by atoms with Crippen LogP contribution in [-0.4, -0.2) is 66.2 Å². The highest BCUT2D eigenvalue weighted by Crippen LogP contribution is 2.02. The van der Waals surface area contributed by atoms with Crippen molar-refractivity contribution >= 4 is 11.9 Å². The third kappa shape index (κ3) is 5.28. The molecule has 0 aromatic carbocycles. The molecule has 2 rings (SSSR count). The van der Waals surface area contributed by atoms with Gasteiger partial charge in [-0.15, -0.1) is 0 Å². The summed E-state index contributed by atoms with van der Waals surface area (Å²) < 4.78 is 5.29. The summed E-state index contributed by atoms with van der Waals surface area (Å²) in [7, 11) is 0. The first-order valence-electron chi connectivity index (χ1n) is 7.33. The first kappa shape index (κ1) is 15.7. The highest BCUT2D eigenvalue weighted by Gasteiger charge is 2.12. The highest BCUT2D eigenvalue weighted by molar-refractivity contribution is 5.92. The Bertz CT molecular complexity index is 460. The largest absolute Gasteiger partial charge is 0.379 e. The zero-order valence-electron chi connectivity index (χ0n) is 12.6. The van der Waals surface area contributed by atoms with Crippen LogP contribution in [0.15, 0.2) is 12.3 Å². The Labute approximate surface area is 125 Å². The molecule has 21 heavy (non-hydrogen) atoms. The van der Waals surface area contributed by atoms with E-state index in [0.717, 1.165) is 32.8 Å². The summed E-state index contributed by atoms with van der Waals surface area (Å²) in [6.45, 7) is 8.82. The molecule has 7 nitrogen and oxygen atoms in total. The van der Waals surface area contributed by atoms with Crippen LogP contribution in [0.3, 0.4) is 0 Å². The highest BCUT2D eigenvalue weighted by atomic mass is 16.5. The van der Waals surface area contributed by atoms with Crippen LogP contribution in [0, 0.1) is 0 Å². The van der Waals surface area contributed by atoms with Crippen LogP contribution < -0.4 is 10.6 Å². The maximum Gasteiger partial charge on any atom is 0.270 e. The molecule has 0 aliphatic carbocycles. The van der Waals surface area contributed by atoms with Gasteiger partial charge in [-0.1, -0.05) is 0 Å². The van der Waals surface area contributed by atoms with Crippen molar-refractivity contribution in [1.29, 1.82) is 0 Å². The molecule has 0 bridgehead atoms. The molecule has 1 aliphatic rings. The van der Waals surface area contributed by atoms with Crippen molar-refractivity contribution in [2.45, 2.75) is 19.9 Å². The second-order valence-electron chi connectivity index (χ2n) is 5.27. The number of nitrogens with zero attached hydrogens (tertiary/aromatic N) is 3. The van der Waals surface area contributed by atoms with E-state index in [1.165, 1.54) is 0 Å². The monoisotopic (exact) mass is 293 g/mol. The normalized spacial score (nSPS) is 16.0. The fraction of sp³-hybridized carbons (Fsp3) is 0.643. The summed E-state index contributed by atoms with van der Waals surface area (Å²) in [6, 6.07) is 1.85. The standard InChI is InChI=1S/C14H23N5O2/c1-11(2)17-14-16-4-3-12(18-14)13(20)15-5-6-19-7-9-21-10-8-19/h3-4,11H,5-10H2,1-2H3,(H,15,20)(H,16,17,18). The third-order valence-corrected chi connectivity index (χ3v) is 3.12. The predicted molar refractivity (Wildman–Crippen MR) is 80.4 cm³/mol. The predicted octanol–water partition coefficient (Wildman–Crippen LogP) is 0.359. The maximum absolute atomic E-state index is 12.1. The van der Waals surface area contributed by atoms with E-state index in [4.69, 9.17) is 4.74 Å². The van der Waals surface area contributed by atoms with E-state index in [1.807, 2.05) is 13.8 Å². The van der Waals surface area contributed by atoms with Crippen LogP contribution >= 0.6 is 0 Å². The van der Waals surface area contributed by atoms with Crippen LogP contribution in [0.25, 0.3) is 0 Å². The lowest BCUT2D eigenvalue weighted by molar-refractivity contribution is 0.0383. The summed E-state index contributed by atoms with van der Waals surface area (Å²) in [5.41, 5.74) is 0.384. The molecule has 1 fully saturated rings. The quantitative estimate of drug-likeness (QED) is 0.788. The smallest absolute Gasteiger partial charge is 0.270 e. The first-order chi connectivity index (χ1) is 10.1. The first-order valence-corrected chi connectivity index (χ1v) is 7.33. The molecule has 0 spiro atoms. The number of aromatic nitrogens is 2. The van der Waals surface area contributed by atoms with Crippen LogP contribution in [0.4, 0.5) is 5.95 Å². The molecule has 0 radical (unpaired) electrons. The molecular weight excluding hydrogens is 270 g/mol. The van der Waals surface area contributed by atoms with Crippen LogP contribution in [0.5, 0.6) is 0 Å². The molecule has 1 saturated heterocycles. The third-order valence-electron chi connectivity index (χ3n) is 3.12. The van der Waals surface area contributed by atoms with Crippen molar-refractivity contribution in [3.63, 3.8) is 0 Å². The van der Waals surface area contributed by atoms with Crippen LogP contribution in [-0.2, 0) is 4.74 Å². The van der Waals surface area contributed by atoms with Crippen LogP contribution in [0.1, 0.15) is 24.3 Å². The molecule has 1 aromatic rings. The van der Waals surface area contributed by atoms with Crippen molar-refractivity contribution in [3.05, 3.63) is 18.0 Å². The van der Waals surface area contributed by atoms with Gasteiger partial charge in [0.1, 0.15) is 5.69 Å². The number of rotatable bonds is 6. The van der Waals surface area contributed by atoms with Gasteiger partial charge in [0.05, 0.1) is 13.2 Å². The van der Waals surface area contributed by atoms with Crippen molar-refractivity contribution in [2.75, 3.05) is 44.7 Å². The number of hydrogen-bond donors (Lipinski definition) is 2. The molecular formula is C14H23N5O2. The molecule has 2 heterocycles. The molecule has 7 heteroatoms. The molecule has 0 unspecified atom stereocenters. The van der Waals surface area contributed by atoms with Gasteiger partial charge in [0.25, 0.3) is 5.91 Å². The molecule has 1 aliphatic heterocycles. The minimum Gasteiger partial charge on any atom is -0.379 e. The van der Waals surface area contributed by atoms with Crippen molar-refractivity contribution in [1.82, 2.24) is 20.2 Å². The Hall–Kier alpha value is -1.73. The number of ether oxygens (including phenoxy) is 1. The number of morpholine rings is 1. The van der Waals surface area contributed by atoms with E-state index in [-0.39, 0.29) is 11.9 Å². The maximum atomic E-state index is 12.1. The Morgan fingerprint density at radius 3 is 2.90 bits per heavy atom. The molecule has 1 aromatic heterocycles. The lowest BCUT2D eigenvalue weighted by Crippen LogP contribution is -2.41. The Balaban J connectivity index is 1.79. The van der Waals surface area contributed by atoms with Gasteiger partial charge in [-0.25, -0.2) is 9.97 Å². The second-order valence-corrected chi connectivity index (χ2v) is 5.27. The summed E-state index contributed by atoms with van der Waals surface area (Å²) >= 11 is 0. The summed E-state index contributed by atoms with van der Waals surface area (Å²) in [4.78, 5) is 22.6. The number of hydrogen-bond acceptors (Lipinski definition) is 6. The van der Waals surface area contributed by atoms with Gasteiger partial charge < -0.3 is 15.4 Å². The second kappa shape index (κ2) is 7.90. The Morgan fingerprint density at radius 1 is 1.43 bits per heavy atom. The van der Waals surface area contributed by atoms with E-state index in [9.17, 15) is 4.79 Å². The van der Waals surface area contributed by atoms with Crippen LogP contribution in [0.2, 0.25) is 0 Å². The van der Waals surface area contributed by atoms with Crippen molar-refractivity contribution in [3.8, 4) is 0 Å². The minimum atomic E-state index is -0.169. The summed E-state index contributed by atoms with van der Waals surface area (Å²) in [5.74, 6) is 0.309. The number of carbonyl (C=O) groups excluding carboxylic acids is 1. The average molecular weight is 293 g/mol. The van der Waals surface area contributed by atoms with E-state index < -0.39 is 0 Å². The lowest BCUT2D eigenvalue weighted by atomic mass is 10.3. The molecule has 0 saturated carbocycles.